The average Bonchev–Trinajstić information content (AvgIpc) is 2.60. The average molecular weight is 329 g/mol. The van der Waals surface area contributed by atoms with Gasteiger partial charge in [0.1, 0.15) is 0 Å². The van der Waals surface area contributed by atoms with Gasteiger partial charge in [-0.2, -0.15) is 0 Å². The second-order valence-corrected chi connectivity index (χ2v) is 5.70. The number of phenolic OH excluding ortho intramolecular Hbond substituents is 3. The predicted octanol–water partition coefficient (Wildman–Crippen LogP) is 1.35. The third-order valence-corrected chi connectivity index (χ3v) is 4.19. The van der Waals surface area contributed by atoms with Crippen molar-refractivity contribution in [3.63, 3.8) is 0 Å². The Kier molecular flexibility index (Phi) is 4.07. The summed E-state index contributed by atoms with van der Waals surface area (Å²) in [5.74, 6) is -2.11. The Morgan fingerprint density at radius 1 is 0.875 bits per heavy atom. The van der Waals surface area contributed by atoms with Gasteiger partial charge in [0, 0.05) is 37.6 Å². The fourth-order valence-electron chi connectivity index (χ4n) is 2.76. The van der Waals surface area contributed by atoms with Gasteiger partial charge in [-0.05, 0) is 36.4 Å². The first kappa shape index (κ1) is 15.8. The molecule has 1 fully saturated rings. The van der Waals surface area contributed by atoms with E-state index in [2.05, 4.69) is 4.90 Å². The van der Waals surface area contributed by atoms with E-state index in [1.807, 2.05) is 24.3 Å². The van der Waals surface area contributed by atoms with Gasteiger partial charge in [0.15, 0.2) is 11.5 Å². The van der Waals surface area contributed by atoms with Crippen molar-refractivity contribution in [2.45, 2.75) is 0 Å². The second-order valence-electron chi connectivity index (χ2n) is 5.70. The van der Waals surface area contributed by atoms with Crippen LogP contribution in [-0.2, 0) is 0 Å². The Morgan fingerprint density at radius 3 is 2.12 bits per heavy atom. The van der Waals surface area contributed by atoms with Crippen LogP contribution in [-0.4, -0.2) is 52.3 Å². The van der Waals surface area contributed by atoms with Crippen molar-refractivity contribution in [1.82, 2.24) is 4.90 Å². The molecule has 7 heteroatoms. The number of piperazine rings is 1. The molecule has 0 spiro atoms. The summed E-state index contributed by atoms with van der Waals surface area (Å²) in [5.41, 5.74) is 7.41. The minimum Gasteiger partial charge on any atom is -0.504 e. The fourth-order valence-corrected chi connectivity index (χ4v) is 2.76. The molecule has 126 valence electrons. The fraction of sp³-hybridized carbons (Fsp3) is 0.235. The molecule has 7 nitrogen and oxygen atoms in total. The summed E-state index contributed by atoms with van der Waals surface area (Å²) >= 11 is 0. The van der Waals surface area contributed by atoms with Crippen LogP contribution < -0.4 is 10.6 Å². The van der Waals surface area contributed by atoms with Gasteiger partial charge in [-0.1, -0.05) is 0 Å². The minimum absolute atomic E-state index is 0.0220. The number of hydrogen-bond acceptors (Lipinski definition) is 6. The number of aromatic hydroxyl groups is 3. The number of nitrogens with two attached hydrogens (primary N) is 1. The molecule has 5 N–H and O–H groups in total. The van der Waals surface area contributed by atoms with Gasteiger partial charge in [-0.25, -0.2) is 0 Å². The van der Waals surface area contributed by atoms with Crippen LogP contribution in [0.25, 0.3) is 0 Å². The monoisotopic (exact) mass is 329 g/mol. The summed E-state index contributed by atoms with van der Waals surface area (Å²) in [6.45, 7) is 2.29. The second kappa shape index (κ2) is 6.19. The van der Waals surface area contributed by atoms with Gasteiger partial charge in [0.25, 0.3) is 5.91 Å². The quantitative estimate of drug-likeness (QED) is 0.489. The maximum Gasteiger partial charge on any atom is 0.257 e. The molecule has 0 aromatic heterocycles. The van der Waals surface area contributed by atoms with E-state index in [1.165, 1.54) is 12.1 Å². The first-order chi connectivity index (χ1) is 11.5. The van der Waals surface area contributed by atoms with E-state index in [0.717, 1.165) is 5.69 Å². The first-order valence-corrected chi connectivity index (χ1v) is 7.61. The summed E-state index contributed by atoms with van der Waals surface area (Å²) in [5, 5.41) is 28.8. The van der Waals surface area contributed by atoms with E-state index in [9.17, 15) is 20.1 Å². The van der Waals surface area contributed by atoms with E-state index in [0.29, 0.717) is 31.9 Å². The van der Waals surface area contributed by atoms with Gasteiger partial charge < -0.3 is 30.9 Å². The zero-order valence-corrected chi connectivity index (χ0v) is 13.0. The standard InChI is InChI=1S/C17H19N3O4/c18-11-1-3-12(4-2-11)19-7-9-20(10-8-19)17(24)13-5-6-14(21)16(23)15(13)22/h1-6,21-23H,7-10,18H2. The lowest BCUT2D eigenvalue weighted by Crippen LogP contribution is -2.48. The molecule has 24 heavy (non-hydrogen) atoms. The van der Waals surface area contributed by atoms with Crippen molar-refractivity contribution < 1.29 is 20.1 Å². The normalized spacial score (nSPS) is 14.7. The molecule has 0 bridgehead atoms. The van der Waals surface area contributed by atoms with Gasteiger partial charge in [0.05, 0.1) is 5.56 Å². The molecule has 1 amide bonds. The Morgan fingerprint density at radius 2 is 1.50 bits per heavy atom. The number of benzene rings is 2. The molecular formula is C17H19N3O4. The van der Waals surface area contributed by atoms with Crippen LogP contribution in [0.4, 0.5) is 11.4 Å². The summed E-state index contributed by atoms with van der Waals surface area (Å²) in [6, 6.07) is 10.0. The maximum absolute atomic E-state index is 12.5. The number of anilines is 2. The van der Waals surface area contributed by atoms with Crippen molar-refractivity contribution in [2.75, 3.05) is 36.8 Å². The van der Waals surface area contributed by atoms with Crippen molar-refractivity contribution in [3.8, 4) is 17.2 Å². The Bertz CT molecular complexity index is 753. The molecule has 0 aliphatic carbocycles. The summed E-state index contributed by atoms with van der Waals surface area (Å²) in [4.78, 5) is 16.3. The molecule has 0 saturated carbocycles. The molecule has 0 radical (unpaired) electrons. The van der Waals surface area contributed by atoms with Gasteiger partial charge >= 0.3 is 0 Å². The van der Waals surface area contributed by atoms with Crippen LogP contribution in [0.2, 0.25) is 0 Å². The van der Waals surface area contributed by atoms with Crippen molar-refractivity contribution in [2.24, 2.45) is 0 Å². The van der Waals surface area contributed by atoms with Crippen LogP contribution in [0.5, 0.6) is 17.2 Å². The topological polar surface area (TPSA) is 110 Å². The SMILES string of the molecule is Nc1ccc(N2CCN(C(=O)c3ccc(O)c(O)c3O)CC2)cc1. The number of phenols is 3. The third-order valence-electron chi connectivity index (χ3n) is 4.19. The van der Waals surface area contributed by atoms with E-state index in [1.54, 1.807) is 4.90 Å². The number of rotatable bonds is 2. The van der Waals surface area contributed by atoms with E-state index < -0.39 is 17.2 Å². The van der Waals surface area contributed by atoms with Crippen LogP contribution in [0.3, 0.4) is 0 Å². The van der Waals surface area contributed by atoms with E-state index in [-0.39, 0.29) is 11.5 Å². The lowest BCUT2D eigenvalue weighted by atomic mass is 10.1. The van der Waals surface area contributed by atoms with E-state index >= 15 is 0 Å². The van der Waals surface area contributed by atoms with Gasteiger partial charge in [-0.15, -0.1) is 0 Å². The number of carbonyl (C=O) groups excluding carboxylic acids is 1. The van der Waals surface area contributed by atoms with Crippen molar-refractivity contribution in [1.29, 1.82) is 0 Å². The van der Waals surface area contributed by atoms with Crippen LogP contribution >= 0.6 is 0 Å². The zero-order chi connectivity index (χ0) is 17.3. The minimum atomic E-state index is -0.679. The smallest absolute Gasteiger partial charge is 0.257 e. The van der Waals surface area contributed by atoms with E-state index in [4.69, 9.17) is 5.73 Å². The lowest BCUT2D eigenvalue weighted by molar-refractivity contribution is 0.0743. The van der Waals surface area contributed by atoms with Gasteiger partial charge in [-0.3, -0.25) is 4.79 Å². The lowest BCUT2D eigenvalue weighted by Gasteiger charge is -2.36. The molecule has 1 heterocycles. The first-order valence-electron chi connectivity index (χ1n) is 7.61. The highest BCUT2D eigenvalue weighted by Crippen LogP contribution is 2.37. The Hall–Kier alpha value is -3.09. The molecule has 1 aliphatic rings. The van der Waals surface area contributed by atoms with Gasteiger partial charge in [0.2, 0.25) is 5.75 Å². The Balaban J connectivity index is 1.69. The highest BCUT2D eigenvalue weighted by Gasteiger charge is 2.25. The number of hydrogen-bond donors (Lipinski definition) is 4. The molecule has 2 aromatic carbocycles. The number of nitrogen functional groups attached to an aromatic ring is 1. The Labute approximate surface area is 139 Å². The van der Waals surface area contributed by atoms with Crippen LogP contribution in [0.1, 0.15) is 10.4 Å². The number of carbonyl (C=O) groups is 1. The highest BCUT2D eigenvalue weighted by atomic mass is 16.3. The summed E-state index contributed by atoms with van der Waals surface area (Å²) < 4.78 is 0. The third kappa shape index (κ3) is 2.88. The maximum atomic E-state index is 12.5. The number of nitrogens with zero attached hydrogens (tertiary/aromatic N) is 2. The molecular weight excluding hydrogens is 310 g/mol. The molecule has 3 rings (SSSR count). The molecule has 0 atom stereocenters. The summed E-state index contributed by atoms with van der Waals surface area (Å²) in [6.07, 6.45) is 0. The van der Waals surface area contributed by atoms with Crippen molar-refractivity contribution >= 4 is 17.3 Å². The predicted molar refractivity (Wildman–Crippen MR) is 90.4 cm³/mol. The van der Waals surface area contributed by atoms with Crippen LogP contribution in [0, 0.1) is 0 Å². The summed E-state index contributed by atoms with van der Waals surface area (Å²) in [7, 11) is 0. The molecule has 1 saturated heterocycles. The molecule has 2 aromatic rings. The largest absolute Gasteiger partial charge is 0.504 e. The molecule has 1 aliphatic heterocycles. The van der Waals surface area contributed by atoms with Crippen molar-refractivity contribution in [3.05, 3.63) is 42.0 Å². The number of amides is 1. The van der Waals surface area contributed by atoms with Crippen LogP contribution in [0.15, 0.2) is 36.4 Å². The highest BCUT2D eigenvalue weighted by molar-refractivity contribution is 5.98. The molecule has 0 unspecified atom stereocenters. The zero-order valence-electron chi connectivity index (χ0n) is 13.0.